The summed E-state index contributed by atoms with van der Waals surface area (Å²) in [6.07, 6.45) is 4.92. The van der Waals surface area contributed by atoms with Gasteiger partial charge in [-0.05, 0) is 56.6 Å². The van der Waals surface area contributed by atoms with E-state index >= 15 is 0 Å². The van der Waals surface area contributed by atoms with Gasteiger partial charge in [0.25, 0.3) is 0 Å². The first-order chi connectivity index (χ1) is 9.54. The van der Waals surface area contributed by atoms with Crippen LogP contribution in [0.5, 0.6) is 0 Å². The highest BCUT2D eigenvalue weighted by molar-refractivity contribution is 6.20. The molecule has 1 aliphatic carbocycles. The van der Waals surface area contributed by atoms with E-state index in [-0.39, 0.29) is 5.91 Å². The number of aryl methyl sites for hydroxylation is 2. The zero-order chi connectivity index (χ0) is 14.5. The Morgan fingerprint density at radius 3 is 2.65 bits per heavy atom. The Kier molecular flexibility index (Phi) is 5.47. The van der Waals surface area contributed by atoms with E-state index < -0.39 is 0 Å². The Morgan fingerprint density at radius 1 is 1.25 bits per heavy atom. The molecule has 0 atom stereocenters. The van der Waals surface area contributed by atoms with Crippen LogP contribution >= 0.6 is 11.6 Å². The van der Waals surface area contributed by atoms with Crippen molar-refractivity contribution >= 4 is 17.5 Å². The molecule has 20 heavy (non-hydrogen) atoms. The van der Waals surface area contributed by atoms with Gasteiger partial charge in [0.15, 0.2) is 0 Å². The summed E-state index contributed by atoms with van der Waals surface area (Å²) in [7, 11) is 0. The minimum atomic E-state index is 0.131. The monoisotopic (exact) mass is 293 g/mol. The van der Waals surface area contributed by atoms with E-state index in [0.29, 0.717) is 17.7 Å². The number of rotatable bonds is 4. The number of hydrogen-bond acceptors (Lipinski definition) is 1. The van der Waals surface area contributed by atoms with Crippen LogP contribution in [0.2, 0.25) is 0 Å². The molecule has 0 radical (unpaired) electrons. The number of alkyl halides is 1. The summed E-state index contributed by atoms with van der Waals surface area (Å²) in [5.41, 5.74) is 3.53. The molecule has 0 aromatic heterocycles. The summed E-state index contributed by atoms with van der Waals surface area (Å²) >= 11 is 6.10. The number of nitrogens with one attached hydrogen (secondary N) is 1. The van der Waals surface area contributed by atoms with E-state index in [1.165, 1.54) is 11.1 Å². The average molecular weight is 294 g/mol. The fourth-order valence-electron chi connectivity index (χ4n) is 2.81. The number of amides is 1. The second kappa shape index (κ2) is 7.12. The van der Waals surface area contributed by atoms with Crippen LogP contribution in [-0.4, -0.2) is 17.8 Å². The molecule has 0 aliphatic heterocycles. The topological polar surface area (TPSA) is 29.1 Å². The Balaban J connectivity index is 1.79. The highest BCUT2D eigenvalue weighted by Crippen LogP contribution is 2.26. The van der Waals surface area contributed by atoms with Crippen molar-refractivity contribution in [2.45, 2.75) is 51.3 Å². The second-order valence-corrected chi connectivity index (χ2v) is 6.65. The Bertz CT molecular complexity index is 464. The maximum atomic E-state index is 12.0. The van der Waals surface area contributed by atoms with Crippen molar-refractivity contribution in [2.75, 3.05) is 6.54 Å². The molecule has 1 N–H and O–H groups in total. The van der Waals surface area contributed by atoms with E-state index in [9.17, 15) is 4.79 Å². The highest BCUT2D eigenvalue weighted by Gasteiger charge is 2.19. The smallest absolute Gasteiger partial charge is 0.224 e. The molecule has 2 rings (SSSR count). The lowest BCUT2D eigenvalue weighted by Crippen LogP contribution is -2.32. The molecule has 1 fully saturated rings. The summed E-state index contributed by atoms with van der Waals surface area (Å²) in [4.78, 5) is 12.0. The normalized spacial score (nSPS) is 22.6. The quantitative estimate of drug-likeness (QED) is 0.842. The van der Waals surface area contributed by atoms with Crippen molar-refractivity contribution in [3.05, 3.63) is 34.9 Å². The van der Waals surface area contributed by atoms with Gasteiger partial charge in [0.1, 0.15) is 0 Å². The zero-order valence-electron chi connectivity index (χ0n) is 12.4. The molecule has 0 bridgehead atoms. The molecule has 0 saturated heterocycles. The minimum Gasteiger partial charge on any atom is -0.356 e. The Morgan fingerprint density at radius 2 is 1.95 bits per heavy atom. The van der Waals surface area contributed by atoms with Gasteiger partial charge in [0.2, 0.25) is 5.91 Å². The third kappa shape index (κ3) is 4.52. The standard InChI is InChI=1S/C17H24ClNO/c1-12-3-4-13(2)15(9-12)10-17(20)19-11-14-5-7-16(18)8-6-14/h3-4,9,14,16H,5-8,10-11H2,1-2H3,(H,19,20). The molecule has 2 nitrogen and oxygen atoms in total. The number of carbonyl (C=O) groups excluding carboxylic acids is 1. The number of halogens is 1. The number of carbonyl (C=O) groups is 1. The maximum absolute atomic E-state index is 12.0. The SMILES string of the molecule is Cc1ccc(C)c(CC(=O)NCC2CCC(Cl)CC2)c1. The lowest BCUT2D eigenvalue weighted by molar-refractivity contribution is -0.120. The van der Waals surface area contributed by atoms with Gasteiger partial charge in [-0.25, -0.2) is 0 Å². The molecule has 1 saturated carbocycles. The van der Waals surface area contributed by atoms with Crippen molar-refractivity contribution < 1.29 is 4.79 Å². The van der Waals surface area contributed by atoms with Crippen LogP contribution in [0.4, 0.5) is 0 Å². The van der Waals surface area contributed by atoms with Gasteiger partial charge in [-0.3, -0.25) is 4.79 Å². The lowest BCUT2D eigenvalue weighted by atomic mass is 9.89. The van der Waals surface area contributed by atoms with Gasteiger partial charge in [-0.2, -0.15) is 0 Å². The van der Waals surface area contributed by atoms with E-state index in [1.54, 1.807) is 0 Å². The van der Waals surface area contributed by atoms with E-state index in [0.717, 1.165) is 37.8 Å². The molecule has 3 heteroatoms. The van der Waals surface area contributed by atoms with E-state index in [4.69, 9.17) is 11.6 Å². The zero-order valence-corrected chi connectivity index (χ0v) is 13.2. The van der Waals surface area contributed by atoms with Crippen LogP contribution in [0.3, 0.4) is 0 Å². The van der Waals surface area contributed by atoms with Crippen molar-refractivity contribution in [3.63, 3.8) is 0 Å². The van der Waals surface area contributed by atoms with E-state index in [1.807, 2.05) is 0 Å². The van der Waals surface area contributed by atoms with Gasteiger partial charge in [-0.15, -0.1) is 11.6 Å². The molecular formula is C17H24ClNO. The van der Waals surface area contributed by atoms with Crippen molar-refractivity contribution in [1.29, 1.82) is 0 Å². The summed E-state index contributed by atoms with van der Waals surface area (Å²) in [5, 5.41) is 3.42. The van der Waals surface area contributed by atoms with Gasteiger partial charge >= 0.3 is 0 Å². The van der Waals surface area contributed by atoms with Crippen LogP contribution in [0.15, 0.2) is 18.2 Å². The first-order valence-corrected chi connectivity index (χ1v) is 7.95. The van der Waals surface area contributed by atoms with Crippen LogP contribution < -0.4 is 5.32 Å². The third-order valence-electron chi connectivity index (χ3n) is 4.22. The molecule has 0 spiro atoms. The van der Waals surface area contributed by atoms with Crippen molar-refractivity contribution in [3.8, 4) is 0 Å². The fraction of sp³-hybridized carbons (Fsp3) is 0.588. The van der Waals surface area contributed by atoms with E-state index in [2.05, 4.69) is 37.4 Å². The third-order valence-corrected chi connectivity index (χ3v) is 4.66. The molecule has 1 aliphatic rings. The average Bonchev–Trinajstić information content (AvgIpc) is 2.42. The van der Waals surface area contributed by atoms with Gasteiger partial charge in [0, 0.05) is 11.9 Å². The molecular weight excluding hydrogens is 270 g/mol. The molecule has 0 heterocycles. The molecule has 1 amide bonds. The summed E-state index contributed by atoms with van der Waals surface area (Å²) in [6, 6.07) is 6.27. The first kappa shape index (κ1) is 15.4. The van der Waals surface area contributed by atoms with Crippen LogP contribution in [-0.2, 0) is 11.2 Å². The van der Waals surface area contributed by atoms with Gasteiger partial charge < -0.3 is 5.32 Å². The second-order valence-electron chi connectivity index (χ2n) is 6.03. The highest BCUT2D eigenvalue weighted by atomic mass is 35.5. The molecule has 110 valence electrons. The van der Waals surface area contributed by atoms with Crippen LogP contribution in [0, 0.1) is 19.8 Å². The fourth-order valence-corrected chi connectivity index (χ4v) is 3.06. The van der Waals surface area contributed by atoms with Crippen molar-refractivity contribution in [1.82, 2.24) is 5.32 Å². The molecule has 1 aromatic rings. The Hall–Kier alpha value is -1.02. The van der Waals surface area contributed by atoms with Crippen LogP contribution in [0.1, 0.15) is 42.4 Å². The summed E-state index contributed by atoms with van der Waals surface area (Å²) < 4.78 is 0. The predicted molar refractivity (Wildman–Crippen MR) is 84.2 cm³/mol. The lowest BCUT2D eigenvalue weighted by Gasteiger charge is -2.25. The summed E-state index contributed by atoms with van der Waals surface area (Å²) in [6.45, 7) is 4.92. The van der Waals surface area contributed by atoms with Gasteiger partial charge in [0.05, 0.1) is 6.42 Å². The Labute approximate surface area is 126 Å². The van der Waals surface area contributed by atoms with Crippen molar-refractivity contribution in [2.24, 2.45) is 5.92 Å². The number of hydrogen-bond donors (Lipinski definition) is 1. The summed E-state index contributed by atoms with van der Waals surface area (Å²) in [5.74, 6) is 0.735. The first-order valence-electron chi connectivity index (χ1n) is 7.51. The predicted octanol–water partition coefficient (Wildman–Crippen LogP) is 3.76. The van der Waals surface area contributed by atoms with Crippen LogP contribution in [0.25, 0.3) is 0 Å². The number of benzene rings is 1. The minimum absolute atomic E-state index is 0.131. The molecule has 1 aromatic carbocycles. The van der Waals surface area contributed by atoms with Gasteiger partial charge in [-0.1, -0.05) is 23.8 Å². The largest absolute Gasteiger partial charge is 0.356 e. The molecule has 0 unspecified atom stereocenters. The maximum Gasteiger partial charge on any atom is 0.224 e.